The minimum absolute atomic E-state index is 0.231. The minimum atomic E-state index is -0.356. The maximum atomic E-state index is 12.8. The normalized spacial score (nSPS) is 10.3. The molecule has 1 N–H and O–H groups in total. The first-order valence-electron chi connectivity index (χ1n) is 5.43. The van der Waals surface area contributed by atoms with Crippen LogP contribution in [0.1, 0.15) is 18.9 Å². The molecule has 0 saturated carbocycles. The molecule has 0 fully saturated rings. The molecule has 0 amide bonds. The molecule has 0 aromatic heterocycles. The molecule has 17 heavy (non-hydrogen) atoms. The van der Waals surface area contributed by atoms with Gasteiger partial charge in [0.15, 0.2) is 0 Å². The van der Waals surface area contributed by atoms with Crippen molar-refractivity contribution in [3.8, 4) is 0 Å². The molecule has 0 aliphatic heterocycles. The first-order valence-corrected chi connectivity index (χ1v) is 5.81. The SMILES string of the molecule is CCOC(=O)CCNCc1ccc(F)cc1Cl. The number of esters is 1. The predicted molar refractivity (Wildman–Crippen MR) is 64.4 cm³/mol. The maximum Gasteiger partial charge on any atom is 0.307 e. The zero-order valence-electron chi connectivity index (χ0n) is 9.63. The quantitative estimate of drug-likeness (QED) is 0.630. The van der Waals surface area contributed by atoms with Crippen LogP contribution < -0.4 is 5.32 Å². The van der Waals surface area contributed by atoms with E-state index in [1.807, 2.05) is 0 Å². The van der Waals surface area contributed by atoms with E-state index < -0.39 is 0 Å². The molecule has 0 radical (unpaired) electrons. The molecule has 0 spiro atoms. The first kappa shape index (κ1) is 13.9. The van der Waals surface area contributed by atoms with Gasteiger partial charge in [-0.25, -0.2) is 4.39 Å². The van der Waals surface area contributed by atoms with E-state index >= 15 is 0 Å². The van der Waals surface area contributed by atoms with Crippen molar-refractivity contribution in [2.75, 3.05) is 13.2 Å². The van der Waals surface area contributed by atoms with Gasteiger partial charge in [-0.3, -0.25) is 4.79 Å². The Morgan fingerprint density at radius 3 is 2.94 bits per heavy atom. The second kappa shape index (κ2) is 7.25. The predicted octanol–water partition coefficient (Wildman–Crippen LogP) is 2.52. The molecule has 1 aromatic rings. The number of hydrogen-bond acceptors (Lipinski definition) is 3. The number of carbonyl (C=O) groups excluding carboxylic acids is 1. The molecular formula is C12H15ClFNO2. The standard InChI is InChI=1S/C12H15ClFNO2/c1-2-17-12(16)5-6-15-8-9-3-4-10(14)7-11(9)13/h3-4,7,15H,2,5-6,8H2,1H3. The molecule has 0 atom stereocenters. The van der Waals surface area contributed by atoms with Crippen LogP contribution in [-0.4, -0.2) is 19.1 Å². The van der Waals surface area contributed by atoms with Crippen molar-refractivity contribution in [1.29, 1.82) is 0 Å². The molecule has 3 nitrogen and oxygen atoms in total. The van der Waals surface area contributed by atoms with Crippen molar-refractivity contribution in [1.82, 2.24) is 5.32 Å². The monoisotopic (exact) mass is 259 g/mol. The van der Waals surface area contributed by atoms with Crippen LogP contribution in [0.3, 0.4) is 0 Å². The fourth-order valence-corrected chi connectivity index (χ4v) is 1.55. The lowest BCUT2D eigenvalue weighted by Crippen LogP contribution is -2.19. The number of ether oxygens (including phenoxy) is 1. The van der Waals surface area contributed by atoms with Crippen molar-refractivity contribution in [3.05, 3.63) is 34.6 Å². The molecule has 0 bridgehead atoms. The highest BCUT2D eigenvalue weighted by molar-refractivity contribution is 6.31. The summed E-state index contributed by atoms with van der Waals surface area (Å²) in [7, 11) is 0. The molecule has 0 unspecified atom stereocenters. The van der Waals surface area contributed by atoms with Gasteiger partial charge >= 0.3 is 5.97 Å². The highest BCUT2D eigenvalue weighted by Gasteiger charge is 2.03. The third kappa shape index (κ3) is 5.15. The number of halogens is 2. The van der Waals surface area contributed by atoms with Crippen molar-refractivity contribution in [2.45, 2.75) is 19.9 Å². The van der Waals surface area contributed by atoms with E-state index in [1.54, 1.807) is 13.0 Å². The topological polar surface area (TPSA) is 38.3 Å². The summed E-state index contributed by atoms with van der Waals surface area (Å²) < 4.78 is 17.5. The Kier molecular flexibility index (Phi) is 5.94. The third-order valence-corrected chi connectivity index (χ3v) is 2.49. The molecule has 0 aliphatic carbocycles. The summed E-state index contributed by atoms with van der Waals surface area (Å²) in [5.74, 6) is -0.588. The van der Waals surface area contributed by atoms with Gasteiger partial charge in [0, 0.05) is 18.1 Å². The lowest BCUT2D eigenvalue weighted by atomic mass is 10.2. The summed E-state index contributed by atoms with van der Waals surface area (Å²) in [6.45, 7) is 3.16. The van der Waals surface area contributed by atoms with Crippen molar-refractivity contribution in [2.24, 2.45) is 0 Å². The molecule has 5 heteroatoms. The number of nitrogens with one attached hydrogen (secondary N) is 1. The number of hydrogen-bond donors (Lipinski definition) is 1. The molecule has 0 heterocycles. The van der Waals surface area contributed by atoms with Gasteiger partial charge in [0.2, 0.25) is 0 Å². The Hall–Kier alpha value is -1.13. The summed E-state index contributed by atoms with van der Waals surface area (Å²) in [5.41, 5.74) is 0.803. The Morgan fingerprint density at radius 1 is 1.53 bits per heavy atom. The molecule has 1 rings (SSSR count). The molecule has 0 aliphatic rings. The van der Waals surface area contributed by atoms with E-state index in [0.29, 0.717) is 31.1 Å². The summed E-state index contributed by atoms with van der Waals surface area (Å²) in [4.78, 5) is 11.0. The Labute approximate surface area is 105 Å². The minimum Gasteiger partial charge on any atom is -0.466 e. The van der Waals surface area contributed by atoms with Crippen LogP contribution in [0.4, 0.5) is 4.39 Å². The maximum absolute atomic E-state index is 12.8. The van der Waals surface area contributed by atoms with Crippen LogP contribution in [0.25, 0.3) is 0 Å². The largest absolute Gasteiger partial charge is 0.466 e. The highest BCUT2D eigenvalue weighted by atomic mass is 35.5. The average molecular weight is 260 g/mol. The van der Waals surface area contributed by atoms with Gasteiger partial charge in [0.25, 0.3) is 0 Å². The van der Waals surface area contributed by atoms with Crippen molar-refractivity contribution < 1.29 is 13.9 Å². The highest BCUT2D eigenvalue weighted by Crippen LogP contribution is 2.16. The average Bonchev–Trinajstić information content (AvgIpc) is 2.27. The van der Waals surface area contributed by atoms with Crippen molar-refractivity contribution in [3.63, 3.8) is 0 Å². The van der Waals surface area contributed by atoms with Gasteiger partial charge in [0.1, 0.15) is 5.82 Å². The second-order valence-corrected chi connectivity index (χ2v) is 3.87. The lowest BCUT2D eigenvalue weighted by molar-refractivity contribution is -0.142. The smallest absolute Gasteiger partial charge is 0.307 e. The van der Waals surface area contributed by atoms with Gasteiger partial charge in [-0.2, -0.15) is 0 Å². The van der Waals surface area contributed by atoms with E-state index in [4.69, 9.17) is 16.3 Å². The lowest BCUT2D eigenvalue weighted by Gasteiger charge is -2.06. The van der Waals surface area contributed by atoms with Crippen molar-refractivity contribution >= 4 is 17.6 Å². The summed E-state index contributed by atoms with van der Waals surface area (Å²) in [5, 5.41) is 3.43. The molecular weight excluding hydrogens is 245 g/mol. The summed E-state index contributed by atoms with van der Waals surface area (Å²) >= 11 is 5.85. The van der Waals surface area contributed by atoms with E-state index in [-0.39, 0.29) is 11.8 Å². The van der Waals surface area contributed by atoms with Gasteiger partial charge in [0.05, 0.1) is 13.0 Å². The van der Waals surface area contributed by atoms with Gasteiger partial charge < -0.3 is 10.1 Å². The van der Waals surface area contributed by atoms with Gasteiger partial charge in [-0.1, -0.05) is 17.7 Å². The molecule has 94 valence electrons. The van der Waals surface area contributed by atoms with Crippen LogP contribution in [0.5, 0.6) is 0 Å². The van der Waals surface area contributed by atoms with Gasteiger partial charge in [-0.05, 0) is 24.6 Å². The third-order valence-electron chi connectivity index (χ3n) is 2.14. The fraction of sp³-hybridized carbons (Fsp3) is 0.417. The van der Waals surface area contributed by atoms with Crippen LogP contribution in [0.2, 0.25) is 5.02 Å². The molecule has 0 saturated heterocycles. The number of rotatable bonds is 6. The van der Waals surface area contributed by atoms with E-state index in [0.717, 1.165) is 5.56 Å². The van der Waals surface area contributed by atoms with Crippen LogP contribution in [-0.2, 0) is 16.1 Å². The Balaban J connectivity index is 2.29. The summed E-state index contributed by atoms with van der Waals surface area (Å²) in [6.07, 6.45) is 0.312. The van der Waals surface area contributed by atoms with Crippen LogP contribution >= 0.6 is 11.6 Å². The van der Waals surface area contributed by atoms with E-state index in [9.17, 15) is 9.18 Å². The fourth-order valence-electron chi connectivity index (χ4n) is 1.31. The molecule has 1 aromatic carbocycles. The van der Waals surface area contributed by atoms with Crippen LogP contribution in [0, 0.1) is 5.82 Å². The number of benzene rings is 1. The zero-order chi connectivity index (χ0) is 12.7. The first-order chi connectivity index (χ1) is 8.13. The second-order valence-electron chi connectivity index (χ2n) is 3.47. The Bertz CT molecular complexity index is 385. The van der Waals surface area contributed by atoms with Gasteiger partial charge in [-0.15, -0.1) is 0 Å². The number of carbonyl (C=O) groups is 1. The van der Waals surface area contributed by atoms with E-state index in [1.165, 1.54) is 12.1 Å². The van der Waals surface area contributed by atoms with Crippen LogP contribution in [0.15, 0.2) is 18.2 Å². The summed E-state index contributed by atoms with van der Waals surface area (Å²) in [6, 6.07) is 4.24. The van der Waals surface area contributed by atoms with E-state index in [2.05, 4.69) is 5.32 Å². The Morgan fingerprint density at radius 2 is 2.29 bits per heavy atom. The zero-order valence-corrected chi connectivity index (χ0v) is 10.4.